The largest absolute Gasteiger partial charge is 0.506 e. The van der Waals surface area contributed by atoms with Crippen molar-refractivity contribution in [1.29, 1.82) is 0 Å². The van der Waals surface area contributed by atoms with Crippen LogP contribution in [0.5, 0.6) is 5.75 Å². The number of carbonyl (C=O) groups excluding carboxylic acids is 1. The third kappa shape index (κ3) is 8.15. The highest BCUT2D eigenvalue weighted by Crippen LogP contribution is 2.33. The number of allylic oxidation sites excluding steroid dienone is 2. The van der Waals surface area contributed by atoms with Crippen LogP contribution >= 0.6 is 23.4 Å². The molecule has 264 valence electrons. The van der Waals surface area contributed by atoms with Gasteiger partial charge in [-0.25, -0.2) is 9.48 Å². The van der Waals surface area contributed by atoms with Crippen molar-refractivity contribution in [2.45, 2.75) is 54.9 Å². The lowest BCUT2D eigenvalue weighted by Crippen LogP contribution is -2.37. The number of halogens is 1. The fraction of sp³-hybridized carbons (Fsp3) is 0.316. The van der Waals surface area contributed by atoms with E-state index >= 15 is 0 Å². The zero-order valence-electron chi connectivity index (χ0n) is 28.8. The number of hydrogen-bond donors (Lipinski definition) is 3. The minimum absolute atomic E-state index is 0.0259. The van der Waals surface area contributed by atoms with Crippen LogP contribution in [0.1, 0.15) is 50.2 Å². The van der Waals surface area contributed by atoms with Gasteiger partial charge in [-0.05, 0) is 54.0 Å². The zero-order valence-corrected chi connectivity index (χ0v) is 30.4. The number of phenolic OH excluding ortho intramolecular Hbond substituents is 1. The fourth-order valence-corrected chi connectivity index (χ4v) is 7.21. The summed E-state index contributed by atoms with van der Waals surface area (Å²) in [5.74, 6) is 1.52. The second-order valence-electron chi connectivity index (χ2n) is 13.7. The van der Waals surface area contributed by atoms with E-state index in [1.807, 2.05) is 30.3 Å². The lowest BCUT2D eigenvalue weighted by molar-refractivity contribution is 0.0425. The molecule has 1 fully saturated rings. The first-order valence-electron chi connectivity index (χ1n) is 17.0. The molecular weight excluding hydrogens is 684 g/mol. The maximum Gasteiger partial charge on any atom is 0.320 e. The van der Waals surface area contributed by atoms with Gasteiger partial charge in [-0.2, -0.15) is 5.10 Å². The summed E-state index contributed by atoms with van der Waals surface area (Å²) in [6.45, 7) is 11.0. The summed E-state index contributed by atoms with van der Waals surface area (Å²) in [6, 6.07) is 18.4. The number of morpholine rings is 1. The number of fused-ring (bicyclic) bond motifs is 1. The number of nitrogens with one attached hydrogen (secondary N) is 2. The predicted octanol–water partition coefficient (Wildman–Crippen LogP) is 7.35. The molecule has 11 nitrogen and oxygen atoms in total. The normalized spacial score (nSPS) is 16.7. The van der Waals surface area contributed by atoms with E-state index in [0.717, 1.165) is 71.8 Å². The predicted molar refractivity (Wildman–Crippen MR) is 200 cm³/mol. The van der Waals surface area contributed by atoms with Crippen LogP contribution in [0.3, 0.4) is 0 Å². The second kappa shape index (κ2) is 14.9. The Bertz CT molecular complexity index is 2110. The third-order valence-electron chi connectivity index (χ3n) is 8.95. The van der Waals surface area contributed by atoms with Gasteiger partial charge in [0.1, 0.15) is 17.4 Å². The average molecular weight is 725 g/mol. The van der Waals surface area contributed by atoms with E-state index in [1.165, 1.54) is 11.6 Å². The van der Waals surface area contributed by atoms with Crippen LogP contribution in [0.15, 0.2) is 100 Å². The maximum atomic E-state index is 13.3. The summed E-state index contributed by atoms with van der Waals surface area (Å²) >= 11 is 7.83. The molecule has 1 aliphatic carbocycles. The Morgan fingerprint density at radius 1 is 1.08 bits per heavy atom. The molecule has 3 aromatic heterocycles. The number of amides is 2. The Labute approximate surface area is 306 Å². The number of hydrogen-bond acceptors (Lipinski definition) is 8. The molecule has 1 unspecified atom stereocenters. The van der Waals surface area contributed by atoms with Crippen molar-refractivity contribution in [3.63, 3.8) is 0 Å². The highest BCUT2D eigenvalue weighted by Gasteiger charge is 2.23. The van der Waals surface area contributed by atoms with Crippen molar-refractivity contribution in [2.75, 3.05) is 38.2 Å². The number of phenols is 1. The number of benzene rings is 2. The molecular formula is C38H41ClN8O3S. The van der Waals surface area contributed by atoms with Gasteiger partial charge in [0.2, 0.25) is 0 Å². The molecule has 1 saturated heterocycles. The van der Waals surface area contributed by atoms with E-state index in [2.05, 4.69) is 87.5 Å². The number of anilines is 1. The lowest BCUT2D eigenvalue weighted by atomic mass is 9.92. The number of urea groups is 1. The van der Waals surface area contributed by atoms with Gasteiger partial charge in [0.05, 0.1) is 29.6 Å². The van der Waals surface area contributed by atoms with Crippen LogP contribution in [-0.4, -0.2) is 73.3 Å². The summed E-state index contributed by atoms with van der Waals surface area (Å²) in [5, 5.41) is 29.9. The van der Waals surface area contributed by atoms with Gasteiger partial charge < -0.3 is 15.2 Å². The van der Waals surface area contributed by atoms with Crippen LogP contribution in [0.2, 0.25) is 5.02 Å². The molecule has 2 amide bonds. The lowest BCUT2D eigenvalue weighted by Gasteiger charge is -2.27. The van der Waals surface area contributed by atoms with Crippen LogP contribution in [-0.2, 0) is 16.7 Å². The quantitative estimate of drug-likeness (QED) is 0.144. The van der Waals surface area contributed by atoms with Crippen molar-refractivity contribution in [3.05, 3.63) is 113 Å². The zero-order chi connectivity index (χ0) is 35.5. The van der Waals surface area contributed by atoms with Crippen LogP contribution in [0.25, 0.3) is 11.3 Å². The minimum atomic E-state index is -0.375. The monoisotopic (exact) mass is 724 g/mol. The van der Waals surface area contributed by atoms with Gasteiger partial charge in [0.15, 0.2) is 5.65 Å². The molecule has 2 aliphatic rings. The highest BCUT2D eigenvalue weighted by atomic mass is 35.5. The van der Waals surface area contributed by atoms with Crippen LogP contribution < -0.4 is 10.6 Å². The molecule has 4 heterocycles. The molecule has 7 rings (SSSR count). The standard InChI is InChI=1S/C38H41ClN8O3S/c1-38(2,3)33-21-35(47(44-33)28-12-14-31(48)30(39)20-28)41-37(49)40-22-27-6-4-5-7-32(27)51-29-13-15-34-42-43-36(46(34)24-29)26-10-8-25(9-11-26)23-45-16-18-50-19-17-45/h4-10,12-15,20-21,24,26,48H,11,16-19,22-23H2,1-3H3,(H2,40,41,49). The van der Waals surface area contributed by atoms with Crippen molar-refractivity contribution in [3.8, 4) is 11.4 Å². The molecule has 51 heavy (non-hydrogen) atoms. The molecule has 1 atom stereocenters. The number of nitrogens with zero attached hydrogens (tertiary/aromatic N) is 6. The number of carbonyl (C=O) groups is 1. The molecule has 0 bridgehead atoms. The first-order valence-corrected chi connectivity index (χ1v) is 18.2. The molecule has 13 heteroatoms. The Balaban J connectivity index is 1.02. The maximum absolute atomic E-state index is 13.3. The summed E-state index contributed by atoms with van der Waals surface area (Å²) in [6.07, 6.45) is 9.76. The van der Waals surface area contributed by atoms with Crippen LogP contribution in [0.4, 0.5) is 10.6 Å². The third-order valence-corrected chi connectivity index (χ3v) is 10.4. The second-order valence-corrected chi connectivity index (χ2v) is 15.3. The topological polar surface area (TPSA) is 122 Å². The molecule has 0 saturated carbocycles. The summed E-state index contributed by atoms with van der Waals surface area (Å²) in [4.78, 5) is 17.8. The molecule has 5 aromatic rings. The number of rotatable bonds is 9. The SMILES string of the molecule is CC(C)(C)c1cc(NC(=O)NCc2ccccc2Sc2ccc3nnc(C4C=CC(CN5CCOCC5)=CC4)n3c2)n(-c2ccc(O)c(Cl)c2)n1. The Kier molecular flexibility index (Phi) is 10.2. The number of aromatic nitrogens is 5. The van der Waals surface area contributed by atoms with Crippen molar-refractivity contribution in [2.24, 2.45) is 0 Å². The Morgan fingerprint density at radius 3 is 2.67 bits per heavy atom. The highest BCUT2D eigenvalue weighted by molar-refractivity contribution is 7.99. The van der Waals surface area contributed by atoms with Gasteiger partial charge >= 0.3 is 6.03 Å². The van der Waals surface area contributed by atoms with E-state index in [-0.39, 0.29) is 28.1 Å². The van der Waals surface area contributed by atoms with E-state index < -0.39 is 0 Å². The fourth-order valence-electron chi connectivity index (χ4n) is 6.07. The molecule has 0 radical (unpaired) electrons. The first kappa shape index (κ1) is 34.8. The van der Waals surface area contributed by atoms with E-state index in [0.29, 0.717) is 18.1 Å². The van der Waals surface area contributed by atoms with E-state index in [9.17, 15) is 9.90 Å². The van der Waals surface area contributed by atoms with Gasteiger partial charge in [0, 0.05) is 59.6 Å². The number of pyridine rings is 1. The van der Waals surface area contributed by atoms with E-state index in [4.69, 9.17) is 21.4 Å². The van der Waals surface area contributed by atoms with Gasteiger partial charge in [-0.3, -0.25) is 14.6 Å². The average Bonchev–Trinajstić information content (AvgIpc) is 3.75. The smallest absolute Gasteiger partial charge is 0.320 e. The van der Waals surface area contributed by atoms with Crippen LogP contribution in [0, 0.1) is 0 Å². The van der Waals surface area contributed by atoms with Crippen molar-refractivity contribution < 1.29 is 14.6 Å². The summed E-state index contributed by atoms with van der Waals surface area (Å²) < 4.78 is 9.20. The minimum Gasteiger partial charge on any atom is -0.506 e. The molecule has 3 N–H and O–H groups in total. The molecule has 2 aromatic carbocycles. The van der Waals surface area contributed by atoms with Gasteiger partial charge in [0.25, 0.3) is 0 Å². The number of aromatic hydroxyl groups is 1. The molecule has 0 spiro atoms. The van der Waals surface area contributed by atoms with Crippen molar-refractivity contribution >= 4 is 40.9 Å². The Hall–Kier alpha value is -4.62. The van der Waals surface area contributed by atoms with Gasteiger partial charge in [-0.15, -0.1) is 10.2 Å². The van der Waals surface area contributed by atoms with Gasteiger partial charge in [-0.1, -0.05) is 80.6 Å². The van der Waals surface area contributed by atoms with E-state index in [1.54, 1.807) is 28.6 Å². The Morgan fingerprint density at radius 2 is 1.90 bits per heavy atom. The molecule has 1 aliphatic heterocycles. The van der Waals surface area contributed by atoms with Crippen molar-refractivity contribution in [1.82, 2.24) is 34.6 Å². The summed E-state index contributed by atoms with van der Waals surface area (Å²) in [7, 11) is 0. The first-order chi connectivity index (χ1) is 24.6. The number of ether oxygens (including phenoxy) is 1. The summed E-state index contributed by atoms with van der Waals surface area (Å²) in [5.41, 5.74) is 4.26.